The van der Waals surface area contributed by atoms with E-state index in [1.807, 2.05) is 18.2 Å². The Morgan fingerprint density at radius 2 is 2.37 bits per heavy atom. The predicted molar refractivity (Wildman–Crippen MR) is 77.1 cm³/mol. The molecule has 2 rings (SSSR count). The first kappa shape index (κ1) is 14.6. The second-order valence-corrected chi connectivity index (χ2v) is 5.38. The van der Waals surface area contributed by atoms with Crippen LogP contribution in [0.25, 0.3) is 0 Å². The van der Waals surface area contributed by atoms with Crippen molar-refractivity contribution in [3.05, 3.63) is 35.8 Å². The van der Waals surface area contributed by atoms with Crippen molar-refractivity contribution < 1.29 is 9.52 Å². The average molecular weight is 284 g/mol. The molecule has 0 radical (unpaired) electrons. The number of furan rings is 1. The molecule has 0 aliphatic carbocycles. The van der Waals surface area contributed by atoms with Crippen molar-refractivity contribution in [2.45, 2.75) is 44.2 Å². The summed E-state index contributed by atoms with van der Waals surface area (Å²) in [5.74, 6) is 0.664. The molecule has 1 aliphatic heterocycles. The fourth-order valence-corrected chi connectivity index (χ4v) is 2.85. The van der Waals surface area contributed by atoms with Crippen molar-refractivity contribution in [2.24, 2.45) is 0 Å². The number of nitrogens with zero attached hydrogens (tertiary/aromatic N) is 1. The maximum atomic E-state index is 10.2. The highest BCUT2D eigenvalue weighted by Crippen LogP contribution is 2.26. The van der Waals surface area contributed by atoms with Crippen LogP contribution in [0, 0.1) is 0 Å². The lowest BCUT2D eigenvalue weighted by Gasteiger charge is -2.30. The normalized spacial score (nSPS) is 23.6. The van der Waals surface area contributed by atoms with E-state index < -0.39 is 6.10 Å². The van der Waals surface area contributed by atoms with Crippen molar-refractivity contribution >= 4 is 11.6 Å². The molecule has 1 saturated heterocycles. The maximum Gasteiger partial charge on any atom is 0.132 e. The SMILES string of the molecule is OC(CC1CCCCCN1C/C=C/Cl)c1ccco1. The Morgan fingerprint density at radius 1 is 1.47 bits per heavy atom. The fraction of sp³-hybridized carbons (Fsp3) is 0.600. The second-order valence-electron chi connectivity index (χ2n) is 5.13. The molecule has 2 unspecified atom stereocenters. The smallest absolute Gasteiger partial charge is 0.132 e. The number of halogens is 1. The first-order valence-electron chi connectivity index (χ1n) is 7.02. The van der Waals surface area contributed by atoms with E-state index in [0.717, 1.165) is 25.9 Å². The molecule has 0 spiro atoms. The minimum atomic E-state index is -0.513. The average Bonchev–Trinajstić information content (AvgIpc) is 2.86. The Kier molecular flexibility index (Phi) is 5.95. The molecule has 0 aromatic carbocycles. The fourth-order valence-electron chi connectivity index (χ4n) is 2.77. The summed E-state index contributed by atoms with van der Waals surface area (Å²) in [6, 6.07) is 4.06. The Hall–Kier alpha value is -0.770. The van der Waals surface area contributed by atoms with Gasteiger partial charge in [0.05, 0.1) is 6.26 Å². The molecule has 106 valence electrons. The standard InChI is InChI=1S/C15H22ClNO2/c16-8-5-10-17-9-3-1-2-6-13(17)12-14(18)15-7-4-11-19-15/h4-5,7-8,11,13-14,18H,1-3,6,9-10,12H2/b8-5+. The van der Waals surface area contributed by atoms with E-state index in [2.05, 4.69) is 4.90 Å². The van der Waals surface area contributed by atoms with Crippen LogP contribution >= 0.6 is 11.6 Å². The van der Waals surface area contributed by atoms with Crippen LogP contribution < -0.4 is 0 Å². The van der Waals surface area contributed by atoms with Gasteiger partial charge in [0, 0.05) is 18.1 Å². The highest BCUT2D eigenvalue weighted by Gasteiger charge is 2.24. The van der Waals surface area contributed by atoms with E-state index in [9.17, 15) is 5.11 Å². The second kappa shape index (κ2) is 7.73. The van der Waals surface area contributed by atoms with Gasteiger partial charge in [0.25, 0.3) is 0 Å². The van der Waals surface area contributed by atoms with Crippen molar-refractivity contribution in [1.29, 1.82) is 0 Å². The van der Waals surface area contributed by atoms with Crippen molar-refractivity contribution in [3.8, 4) is 0 Å². The zero-order valence-corrected chi connectivity index (χ0v) is 11.9. The van der Waals surface area contributed by atoms with Gasteiger partial charge in [-0.1, -0.05) is 30.5 Å². The molecule has 1 N–H and O–H groups in total. The summed E-state index contributed by atoms with van der Waals surface area (Å²) in [6.07, 6.45) is 8.66. The lowest BCUT2D eigenvalue weighted by Crippen LogP contribution is -2.36. The van der Waals surface area contributed by atoms with Crippen molar-refractivity contribution in [1.82, 2.24) is 4.90 Å². The molecule has 1 aromatic heterocycles. The van der Waals surface area contributed by atoms with Crippen LogP contribution in [0.2, 0.25) is 0 Å². The van der Waals surface area contributed by atoms with E-state index in [1.54, 1.807) is 11.8 Å². The summed E-state index contributed by atoms with van der Waals surface area (Å²) in [6.45, 7) is 1.94. The predicted octanol–water partition coefficient (Wildman–Crippen LogP) is 3.70. The quantitative estimate of drug-likeness (QED) is 0.895. The molecule has 2 atom stereocenters. The van der Waals surface area contributed by atoms with Gasteiger partial charge in [-0.25, -0.2) is 0 Å². The lowest BCUT2D eigenvalue weighted by molar-refractivity contribution is 0.0911. The zero-order chi connectivity index (χ0) is 13.5. The van der Waals surface area contributed by atoms with Gasteiger partial charge in [-0.15, -0.1) is 0 Å². The molecule has 0 amide bonds. The number of aliphatic hydroxyl groups excluding tert-OH is 1. The molecule has 1 aromatic rings. The summed E-state index contributed by atoms with van der Waals surface area (Å²) in [5.41, 5.74) is 1.57. The van der Waals surface area contributed by atoms with E-state index in [1.165, 1.54) is 19.3 Å². The van der Waals surface area contributed by atoms with Gasteiger partial charge in [0.15, 0.2) is 0 Å². The molecule has 1 aliphatic rings. The van der Waals surface area contributed by atoms with Crippen LogP contribution in [-0.4, -0.2) is 29.1 Å². The van der Waals surface area contributed by atoms with Crippen LogP contribution in [0.1, 0.15) is 44.0 Å². The molecule has 4 heteroatoms. The van der Waals surface area contributed by atoms with Crippen LogP contribution in [0.15, 0.2) is 34.4 Å². The van der Waals surface area contributed by atoms with Crippen LogP contribution in [0.3, 0.4) is 0 Å². The van der Waals surface area contributed by atoms with Crippen LogP contribution in [-0.2, 0) is 0 Å². The topological polar surface area (TPSA) is 36.6 Å². The molecule has 2 heterocycles. The van der Waals surface area contributed by atoms with Gasteiger partial charge in [-0.05, 0) is 37.9 Å². The Balaban J connectivity index is 1.97. The van der Waals surface area contributed by atoms with Crippen LogP contribution in [0.5, 0.6) is 0 Å². The van der Waals surface area contributed by atoms with Gasteiger partial charge < -0.3 is 9.52 Å². The Bertz CT molecular complexity index is 378. The van der Waals surface area contributed by atoms with E-state index in [0.29, 0.717) is 11.8 Å². The van der Waals surface area contributed by atoms with Gasteiger partial charge >= 0.3 is 0 Å². The van der Waals surface area contributed by atoms with E-state index >= 15 is 0 Å². The van der Waals surface area contributed by atoms with Crippen molar-refractivity contribution in [2.75, 3.05) is 13.1 Å². The number of likely N-dealkylation sites (tertiary alicyclic amines) is 1. The number of hydrogen-bond acceptors (Lipinski definition) is 3. The molecule has 1 fully saturated rings. The van der Waals surface area contributed by atoms with Gasteiger partial charge in [-0.2, -0.15) is 0 Å². The number of aliphatic hydroxyl groups is 1. The summed E-state index contributed by atoms with van der Waals surface area (Å²) in [5, 5.41) is 10.2. The molecule has 0 saturated carbocycles. The highest BCUT2D eigenvalue weighted by atomic mass is 35.5. The minimum Gasteiger partial charge on any atom is -0.467 e. The third kappa shape index (κ3) is 4.37. The zero-order valence-electron chi connectivity index (χ0n) is 11.2. The molecule has 19 heavy (non-hydrogen) atoms. The summed E-state index contributed by atoms with van der Waals surface area (Å²) in [7, 11) is 0. The molecule has 0 bridgehead atoms. The Morgan fingerprint density at radius 3 is 3.11 bits per heavy atom. The van der Waals surface area contributed by atoms with Gasteiger partial charge in [-0.3, -0.25) is 4.90 Å². The van der Waals surface area contributed by atoms with Gasteiger partial charge in [0.2, 0.25) is 0 Å². The molecular weight excluding hydrogens is 262 g/mol. The number of hydrogen-bond donors (Lipinski definition) is 1. The summed E-state index contributed by atoms with van der Waals surface area (Å²) in [4.78, 5) is 2.41. The van der Waals surface area contributed by atoms with Gasteiger partial charge in [0.1, 0.15) is 11.9 Å². The summed E-state index contributed by atoms with van der Waals surface area (Å²) < 4.78 is 5.28. The first-order valence-corrected chi connectivity index (χ1v) is 7.45. The Labute approximate surface area is 119 Å². The maximum absolute atomic E-state index is 10.2. The molecule has 3 nitrogen and oxygen atoms in total. The summed E-state index contributed by atoms with van der Waals surface area (Å²) >= 11 is 5.62. The largest absolute Gasteiger partial charge is 0.467 e. The van der Waals surface area contributed by atoms with Crippen LogP contribution in [0.4, 0.5) is 0 Å². The third-order valence-electron chi connectivity index (χ3n) is 3.80. The highest BCUT2D eigenvalue weighted by molar-refractivity contribution is 6.25. The first-order chi connectivity index (χ1) is 9.31. The lowest BCUT2D eigenvalue weighted by atomic mass is 10.0. The minimum absolute atomic E-state index is 0.399. The number of rotatable bonds is 5. The third-order valence-corrected chi connectivity index (χ3v) is 3.97. The molecular formula is C15H22ClNO2. The monoisotopic (exact) mass is 283 g/mol. The van der Waals surface area contributed by atoms with Crippen molar-refractivity contribution in [3.63, 3.8) is 0 Å². The van der Waals surface area contributed by atoms with E-state index in [-0.39, 0.29) is 0 Å². The van der Waals surface area contributed by atoms with E-state index in [4.69, 9.17) is 16.0 Å².